The van der Waals surface area contributed by atoms with Crippen LogP contribution >= 0.6 is 0 Å². The Morgan fingerprint density at radius 1 is 1.32 bits per heavy atom. The molecule has 0 unspecified atom stereocenters. The molecule has 3 aliphatic rings. The summed E-state index contributed by atoms with van der Waals surface area (Å²) in [6.07, 6.45) is -0.280. The van der Waals surface area contributed by atoms with Crippen LogP contribution in [0.1, 0.15) is 53.4 Å². The molecule has 0 radical (unpaired) electrons. The second-order valence-corrected chi connectivity index (χ2v) is 9.57. The number of nitrogens with zero attached hydrogens (tertiary/aromatic N) is 1. The number of hydrogen-bond acceptors (Lipinski definition) is 9. The van der Waals surface area contributed by atoms with Crippen LogP contribution in [0.2, 0.25) is 0 Å². The summed E-state index contributed by atoms with van der Waals surface area (Å²) >= 11 is 0. The molecule has 0 aromatic carbocycles. The first-order chi connectivity index (χ1) is 16.2. The van der Waals surface area contributed by atoms with Crippen molar-refractivity contribution < 1.29 is 38.7 Å². The Kier molecular flexibility index (Phi) is 9.68. The molecular weight excluding hydrogens is 442 g/mol. The van der Waals surface area contributed by atoms with E-state index in [0.717, 1.165) is 13.0 Å². The largest absolute Gasteiger partial charge is 0.507 e. The van der Waals surface area contributed by atoms with Crippen molar-refractivity contribution in [2.75, 3.05) is 26.9 Å². The Balaban J connectivity index is 1.71. The fraction of sp³-hybridized carbons (Fsp3) is 0.800. The van der Waals surface area contributed by atoms with Crippen molar-refractivity contribution in [3.8, 4) is 0 Å². The van der Waals surface area contributed by atoms with Gasteiger partial charge in [-0.05, 0) is 25.3 Å². The summed E-state index contributed by atoms with van der Waals surface area (Å²) in [5.41, 5.74) is 0.537. The molecule has 0 spiro atoms. The van der Waals surface area contributed by atoms with Crippen molar-refractivity contribution in [1.82, 2.24) is 4.90 Å². The van der Waals surface area contributed by atoms with Gasteiger partial charge in [-0.25, -0.2) is 0 Å². The van der Waals surface area contributed by atoms with Crippen molar-refractivity contribution in [2.24, 2.45) is 5.92 Å². The fourth-order valence-electron chi connectivity index (χ4n) is 4.91. The highest BCUT2D eigenvalue weighted by molar-refractivity contribution is 5.98. The number of carbonyl (C=O) groups excluding carboxylic acids is 1. The number of rotatable bonds is 11. The second kappa shape index (κ2) is 12.1. The molecule has 3 aliphatic heterocycles. The number of ketones is 1. The van der Waals surface area contributed by atoms with Gasteiger partial charge in [-0.3, -0.25) is 9.69 Å². The number of carbonyl (C=O) groups is 1. The smallest absolute Gasteiger partial charge is 0.197 e. The Morgan fingerprint density at radius 2 is 2.06 bits per heavy atom. The third-order valence-corrected chi connectivity index (χ3v) is 7.21. The number of methoxy groups -OCH3 is 1. The number of Topliss-reactive ketones (excluding diaryl/α,β-unsaturated/α-hetero) is 1. The van der Waals surface area contributed by atoms with Crippen molar-refractivity contribution in [2.45, 2.75) is 96.5 Å². The molecule has 0 amide bonds. The van der Waals surface area contributed by atoms with E-state index in [1.54, 1.807) is 14.0 Å². The summed E-state index contributed by atoms with van der Waals surface area (Å²) in [6, 6.07) is 0.0695. The summed E-state index contributed by atoms with van der Waals surface area (Å²) in [4.78, 5) is 14.8. The SMILES string of the molecule is C=C(C(=O)C[C@@H](C)CC)/C(O)=C(\C)[C@H](CCO)O[C@H]1C[C@H]2[C@H](O[C@@H]3[C@@H](OC)OCCN32)[C@H](C)O1. The summed E-state index contributed by atoms with van der Waals surface area (Å²) < 4.78 is 29.7. The molecule has 3 rings (SSSR count). The molecule has 0 aliphatic carbocycles. The summed E-state index contributed by atoms with van der Waals surface area (Å²) in [5, 5.41) is 20.4. The van der Waals surface area contributed by atoms with Crippen LogP contribution in [0.15, 0.2) is 23.5 Å². The predicted molar refractivity (Wildman–Crippen MR) is 125 cm³/mol. The lowest BCUT2D eigenvalue weighted by Gasteiger charge is -2.41. The van der Waals surface area contributed by atoms with Crippen molar-refractivity contribution in [3.05, 3.63) is 23.5 Å². The van der Waals surface area contributed by atoms with E-state index in [9.17, 15) is 15.0 Å². The van der Waals surface area contributed by atoms with Crippen LogP contribution < -0.4 is 0 Å². The highest BCUT2D eigenvalue weighted by Crippen LogP contribution is 2.38. The molecule has 194 valence electrons. The molecule has 34 heavy (non-hydrogen) atoms. The fourth-order valence-corrected chi connectivity index (χ4v) is 4.91. The van der Waals surface area contributed by atoms with Crippen LogP contribution in [0.25, 0.3) is 0 Å². The average molecular weight is 484 g/mol. The maximum atomic E-state index is 12.5. The van der Waals surface area contributed by atoms with E-state index in [4.69, 9.17) is 23.7 Å². The molecule has 8 atom stereocenters. The van der Waals surface area contributed by atoms with Gasteiger partial charge in [-0.15, -0.1) is 0 Å². The van der Waals surface area contributed by atoms with E-state index in [2.05, 4.69) is 11.5 Å². The molecule has 3 heterocycles. The zero-order chi connectivity index (χ0) is 25.0. The van der Waals surface area contributed by atoms with Gasteiger partial charge in [0.2, 0.25) is 0 Å². The van der Waals surface area contributed by atoms with Gasteiger partial charge in [-0.1, -0.05) is 26.8 Å². The highest BCUT2D eigenvalue weighted by Gasteiger charge is 2.53. The van der Waals surface area contributed by atoms with E-state index in [0.29, 0.717) is 25.0 Å². The molecule has 0 bridgehead atoms. The standard InChI is InChI=1S/C25H41NO8/c1-7-14(2)12-19(28)15(3)22(29)16(4)20(8-10-27)33-21-13-18-23(17(5)32-21)34-24-25(30-6)31-11-9-26(18)24/h14,17-18,20-21,23-25,27,29H,3,7-13H2,1-2,4-6H3/b22-16-/t14-,17-,18-,20-,21-,23+,24+,25-/m0/s1. The number of hydrogen-bond donors (Lipinski definition) is 2. The monoisotopic (exact) mass is 483 g/mol. The lowest BCUT2D eigenvalue weighted by Crippen LogP contribution is -2.55. The van der Waals surface area contributed by atoms with Crippen molar-refractivity contribution in [1.29, 1.82) is 0 Å². The van der Waals surface area contributed by atoms with Gasteiger partial charge in [0.05, 0.1) is 24.4 Å². The first-order valence-corrected chi connectivity index (χ1v) is 12.3. The Bertz CT molecular complexity index is 755. The Morgan fingerprint density at radius 3 is 2.71 bits per heavy atom. The van der Waals surface area contributed by atoms with Crippen LogP contribution in [0.4, 0.5) is 0 Å². The third-order valence-electron chi connectivity index (χ3n) is 7.21. The molecule has 0 aromatic heterocycles. The minimum Gasteiger partial charge on any atom is -0.507 e. The van der Waals surface area contributed by atoms with Crippen LogP contribution in [0.3, 0.4) is 0 Å². The Hall–Kier alpha value is -1.33. The number of ether oxygens (including phenoxy) is 5. The highest BCUT2D eigenvalue weighted by atomic mass is 16.7. The predicted octanol–water partition coefficient (Wildman–Crippen LogP) is 2.68. The number of aliphatic hydroxyl groups is 2. The summed E-state index contributed by atoms with van der Waals surface area (Å²) in [6.45, 7) is 12.6. The third kappa shape index (κ3) is 5.90. The topological polar surface area (TPSA) is 107 Å². The molecule has 0 aromatic rings. The van der Waals surface area contributed by atoms with Gasteiger partial charge in [0.25, 0.3) is 0 Å². The first-order valence-electron chi connectivity index (χ1n) is 12.3. The number of fused-ring (bicyclic) bond motifs is 3. The first kappa shape index (κ1) is 27.3. The molecule has 9 heteroatoms. The number of morpholine rings is 1. The maximum absolute atomic E-state index is 12.5. The van der Waals surface area contributed by atoms with Gasteiger partial charge in [0.1, 0.15) is 11.9 Å². The van der Waals surface area contributed by atoms with Crippen molar-refractivity contribution >= 4 is 5.78 Å². The summed E-state index contributed by atoms with van der Waals surface area (Å²) in [7, 11) is 1.61. The van der Waals surface area contributed by atoms with E-state index >= 15 is 0 Å². The van der Waals surface area contributed by atoms with Gasteiger partial charge in [-0.2, -0.15) is 0 Å². The van der Waals surface area contributed by atoms with Gasteiger partial charge < -0.3 is 33.9 Å². The van der Waals surface area contributed by atoms with Gasteiger partial charge in [0, 0.05) is 45.6 Å². The Labute approximate surface area is 202 Å². The lowest BCUT2D eigenvalue weighted by atomic mass is 9.95. The number of allylic oxidation sites excluding steroid dienone is 1. The van der Waals surface area contributed by atoms with Crippen LogP contribution in [0.5, 0.6) is 0 Å². The van der Waals surface area contributed by atoms with Gasteiger partial charge >= 0.3 is 0 Å². The molecule has 3 saturated heterocycles. The molecule has 2 N–H and O–H groups in total. The molecule has 3 fully saturated rings. The normalized spacial score (nSPS) is 34.1. The summed E-state index contributed by atoms with van der Waals surface area (Å²) in [5.74, 6) is -0.148. The average Bonchev–Trinajstić information content (AvgIpc) is 3.21. The minimum absolute atomic E-state index is 0.0695. The zero-order valence-corrected chi connectivity index (χ0v) is 21.1. The maximum Gasteiger partial charge on any atom is 0.197 e. The molecular formula is C25H41NO8. The second-order valence-electron chi connectivity index (χ2n) is 9.57. The van der Waals surface area contributed by atoms with Crippen LogP contribution in [-0.4, -0.2) is 90.9 Å². The number of aliphatic hydroxyl groups excluding tert-OH is 2. The van der Waals surface area contributed by atoms with E-state index in [1.165, 1.54) is 0 Å². The van der Waals surface area contributed by atoms with Gasteiger partial charge in [0.15, 0.2) is 24.6 Å². The minimum atomic E-state index is -0.624. The van der Waals surface area contributed by atoms with Crippen LogP contribution in [0, 0.1) is 5.92 Å². The van der Waals surface area contributed by atoms with Crippen LogP contribution in [-0.2, 0) is 28.5 Å². The zero-order valence-electron chi connectivity index (χ0n) is 21.1. The quantitative estimate of drug-likeness (QED) is 0.261. The van der Waals surface area contributed by atoms with E-state index in [1.807, 2.05) is 20.8 Å². The molecule has 0 saturated carbocycles. The van der Waals surface area contributed by atoms with E-state index in [-0.39, 0.29) is 60.5 Å². The van der Waals surface area contributed by atoms with Crippen molar-refractivity contribution in [3.63, 3.8) is 0 Å². The van der Waals surface area contributed by atoms with E-state index < -0.39 is 18.7 Å². The molecule has 9 nitrogen and oxygen atoms in total. The lowest BCUT2D eigenvalue weighted by molar-refractivity contribution is -0.252.